The highest BCUT2D eigenvalue weighted by molar-refractivity contribution is 6.07. The molecule has 1 aromatic heterocycles. The summed E-state index contributed by atoms with van der Waals surface area (Å²) in [6.07, 6.45) is 1.72. The third kappa shape index (κ3) is 5.77. The van der Waals surface area contributed by atoms with Gasteiger partial charge in [-0.15, -0.1) is 0 Å². The van der Waals surface area contributed by atoms with Gasteiger partial charge in [-0.25, -0.2) is 4.98 Å². The number of ether oxygens (including phenoxy) is 1. The molecule has 0 aliphatic carbocycles. The largest absolute Gasteiger partial charge is 0.378 e. The lowest BCUT2D eigenvalue weighted by molar-refractivity contribution is 0.101. The van der Waals surface area contributed by atoms with Gasteiger partial charge < -0.3 is 20.3 Å². The van der Waals surface area contributed by atoms with Crippen LogP contribution in [-0.2, 0) is 10.2 Å². The van der Waals surface area contributed by atoms with Crippen molar-refractivity contribution < 1.29 is 14.3 Å². The second-order valence-corrected chi connectivity index (χ2v) is 10.3. The quantitative estimate of drug-likeness (QED) is 0.354. The fourth-order valence-electron chi connectivity index (χ4n) is 4.43. The van der Waals surface area contributed by atoms with Gasteiger partial charge in [0.15, 0.2) is 0 Å². The van der Waals surface area contributed by atoms with Gasteiger partial charge >= 0.3 is 0 Å². The van der Waals surface area contributed by atoms with E-state index in [1.165, 1.54) is 0 Å². The Balaban J connectivity index is 1.30. The van der Waals surface area contributed by atoms with Gasteiger partial charge in [0.05, 0.1) is 41.9 Å². The molecule has 1 fully saturated rings. The van der Waals surface area contributed by atoms with Crippen molar-refractivity contribution in [2.24, 2.45) is 0 Å². The van der Waals surface area contributed by atoms with E-state index in [1.54, 1.807) is 54.7 Å². The number of carbonyl (C=O) groups is 2. The fourth-order valence-corrected chi connectivity index (χ4v) is 4.43. The number of amides is 2. The van der Waals surface area contributed by atoms with E-state index in [2.05, 4.69) is 26.6 Å². The zero-order chi connectivity index (χ0) is 28.3. The number of aryl methyl sites for hydroxylation is 1. The highest BCUT2D eigenvalue weighted by Crippen LogP contribution is 2.25. The zero-order valence-corrected chi connectivity index (χ0v) is 22.7. The molecule has 1 saturated heterocycles. The number of nitriles is 1. The fraction of sp³-hybridized carbons (Fsp3) is 0.258. The molecule has 1 aliphatic heterocycles. The number of benzene rings is 3. The number of nitrogens with zero attached hydrogens (tertiary/aromatic N) is 4. The van der Waals surface area contributed by atoms with E-state index in [0.29, 0.717) is 46.7 Å². The number of morpholine rings is 1. The van der Waals surface area contributed by atoms with Crippen LogP contribution in [0.2, 0.25) is 0 Å². The molecule has 0 spiro atoms. The smallest absolute Gasteiger partial charge is 0.255 e. The molecule has 0 bridgehead atoms. The first kappa shape index (κ1) is 26.8. The molecule has 9 nitrogen and oxygen atoms in total. The van der Waals surface area contributed by atoms with Crippen LogP contribution in [0.5, 0.6) is 0 Å². The molecular weight excluding hydrogens is 504 g/mol. The number of aromatic nitrogens is 2. The minimum absolute atomic E-state index is 0.293. The Morgan fingerprint density at radius 2 is 1.70 bits per heavy atom. The summed E-state index contributed by atoms with van der Waals surface area (Å²) in [7, 11) is 0. The average Bonchev–Trinajstić information content (AvgIpc) is 2.98. The van der Waals surface area contributed by atoms with E-state index >= 15 is 0 Å². The third-order valence-electron chi connectivity index (χ3n) is 7.00. The summed E-state index contributed by atoms with van der Waals surface area (Å²) in [5, 5.41) is 15.3. The van der Waals surface area contributed by atoms with Crippen molar-refractivity contribution in [1.29, 1.82) is 5.26 Å². The summed E-state index contributed by atoms with van der Waals surface area (Å²) >= 11 is 0. The van der Waals surface area contributed by atoms with Crippen LogP contribution in [0.25, 0.3) is 11.0 Å². The molecule has 0 radical (unpaired) electrons. The maximum atomic E-state index is 13.1. The number of rotatable bonds is 6. The second-order valence-electron chi connectivity index (χ2n) is 10.3. The number of hydrogen-bond acceptors (Lipinski definition) is 7. The number of carbonyl (C=O) groups excluding carboxylic acids is 2. The Labute approximate surface area is 232 Å². The van der Waals surface area contributed by atoms with Crippen LogP contribution >= 0.6 is 0 Å². The topological polar surface area (TPSA) is 120 Å². The first-order chi connectivity index (χ1) is 19.2. The van der Waals surface area contributed by atoms with Crippen LogP contribution in [-0.4, -0.2) is 48.1 Å². The summed E-state index contributed by atoms with van der Waals surface area (Å²) < 4.78 is 5.41. The molecule has 0 atom stereocenters. The first-order valence-electron chi connectivity index (χ1n) is 13.1. The van der Waals surface area contributed by atoms with E-state index in [-0.39, 0.29) is 11.8 Å². The van der Waals surface area contributed by atoms with Gasteiger partial charge in [-0.05, 0) is 74.4 Å². The Morgan fingerprint density at radius 3 is 2.48 bits per heavy atom. The summed E-state index contributed by atoms with van der Waals surface area (Å²) in [6, 6.07) is 19.9. The number of anilines is 3. The first-order valence-corrected chi connectivity index (χ1v) is 13.1. The maximum absolute atomic E-state index is 13.1. The highest BCUT2D eigenvalue weighted by Gasteiger charge is 2.21. The average molecular weight is 535 g/mol. The summed E-state index contributed by atoms with van der Waals surface area (Å²) in [4.78, 5) is 37.5. The van der Waals surface area contributed by atoms with Crippen molar-refractivity contribution in [1.82, 2.24) is 9.97 Å². The number of nitrogens with one attached hydrogen (secondary N) is 2. The predicted octanol–water partition coefficient (Wildman–Crippen LogP) is 5.08. The monoisotopic (exact) mass is 534 g/mol. The SMILES string of the molecule is Cc1ccc(NC(=O)c2cccc(C(C)(C)C#N)c2)cc1NC(=O)c1ccc2nc(N3CCOCC3)cnc2c1. The second kappa shape index (κ2) is 11.1. The molecule has 1 aliphatic rings. The van der Waals surface area contributed by atoms with Gasteiger partial charge in [-0.3, -0.25) is 14.6 Å². The third-order valence-corrected chi connectivity index (χ3v) is 7.00. The molecule has 3 aromatic carbocycles. The molecule has 40 heavy (non-hydrogen) atoms. The Hall–Kier alpha value is -4.81. The van der Waals surface area contributed by atoms with E-state index < -0.39 is 5.41 Å². The molecule has 2 amide bonds. The van der Waals surface area contributed by atoms with Crippen molar-refractivity contribution in [2.45, 2.75) is 26.2 Å². The predicted molar refractivity (Wildman–Crippen MR) is 155 cm³/mol. The van der Waals surface area contributed by atoms with E-state index in [9.17, 15) is 14.9 Å². The van der Waals surface area contributed by atoms with Gasteiger partial charge in [0, 0.05) is 35.6 Å². The Kier molecular flexibility index (Phi) is 7.45. The minimum atomic E-state index is -0.711. The molecule has 2 N–H and O–H groups in total. The minimum Gasteiger partial charge on any atom is -0.378 e. The standard InChI is InChI=1S/C31H30N6O3/c1-20-7-9-24(34-29(38)21-5-4-6-23(15-21)31(2,3)19-32)17-26(20)36-30(39)22-8-10-25-27(16-22)33-18-28(35-25)37-11-13-40-14-12-37/h4-10,15-18H,11-14H2,1-3H3,(H,34,38)(H,36,39). The van der Waals surface area contributed by atoms with E-state index in [1.807, 2.05) is 32.9 Å². The van der Waals surface area contributed by atoms with Crippen molar-refractivity contribution in [2.75, 3.05) is 41.8 Å². The molecule has 0 unspecified atom stereocenters. The Morgan fingerprint density at radius 1 is 0.950 bits per heavy atom. The molecule has 9 heteroatoms. The molecule has 5 rings (SSSR count). The normalized spacial score (nSPS) is 13.5. The number of fused-ring (bicyclic) bond motifs is 1. The van der Waals surface area contributed by atoms with E-state index in [0.717, 1.165) is 30.0 Å². The van der Waals surface area contributed by atoms with Crippen LogP contribution < -0.4 is 15.5 Å². The van der Waals surface area contributed by atoms with Crippen LogP contribution in [0.3, 0.4) is 0 Å². The van der Waals surface area contributed by atoms with Crippen molar-refractivity contribution >= 4 is 40.0 Å². The van der Waals surface area contributed by atoms with Gasteiger partial charge in [0.2, 0.25) is 0 Å². The maximum Gasteiger partial charge on any atom is 0.255 e. The molecule has 0 saturated carbocycles. The Bertz CT molecular complexity index is 1640. The van der Waals surface area contributed by atoms with Gasteiger partial charge in [0.25, 0.3) is 11.8 Å². The van der Waals surface area contributed by atoms with Gasteiger partial charge in [-0.1, -0.05) is 18.2 Å². The molecular formula is C31H30N6O3. The van der Waals surface area contributed by atoms with Crippen molar-refractivity contribution in [3.63, 3.8) is 0 Å². The molecule has 4 aromatic rings. The van der Waals surface area contributed by atoms with E-state index in [4.69, 9.17) is 9.72 Å². The van der Waals surface area contributed by atoms with Crippen molar-refractivity contribution in [3.8, 4) is 6.07 Å². The lowest BCUT2D eigenvalue weighted by atomic mass is 9.85. The molecule has 2 heterocycles. The lowest BCUT2D eigenvalue weighted by Gasteiger charge is -2.27. The summed E-state index contributed by atoms with van der Waals surface area (Å²) in [5.74, 6) is 0.197. The van der Waals surface area contributed by atoms with Crippen LogP contribution in [0.1, 0.15) is 45.7 Å². The summed E-state index contributed by atoms with van der Waals surface area (Å²) in [6.45, 7) is 8.37. The zero-order valence-electron chi connectivity index (χ0n) is 22.7. The molecule has 202 valence electrons. The van der Waals surface area contributed by atoms with Gasteiger partial charge in [0.1, 0.15) is 5.82 Å². The lowest BCUT2D eigenvalue weighted by Crippen LogP contribution is -2.36. The van der Waals surface area contributed by atoms with Gasteiger partial charge in [-0.2, -0.15) is 5.26 Å². The number of hydrogen-bond donors (Lipinski definition) is 2. The highest BCUT2D eigenvalue weighted by atomic mass is 16.5. The summed E-state index contributed by atoms with van der Waals surface area (Å²) in [5.41, 5.74) is 4.25. The van der Waals surface area contributed by atoms with Crippen LogP contribution in [0.4, 0.5) is 17.2 Å². The van der Waals surface area contributed by atoms with Crippen molar-refractivity contribution in [3.05, 3.63) is 89.1 Å². The van der Waals surface area contributed by atoms with Crippen LogP contribution in [0.15, 0.2) is 66.9 Å². The van der Waals surface area contributed by atoms with Crippen LogP contribution in [0, 0.1) is 18.3 Å².